The van der Waals surface area contributed by atoms with Crippen LogP contribution in [0.5, 0.6) is 0 Å². The number of carbonyl (C=O) groups is 2. The van der Waals surface area contributed by atoms with Crippen LogP contribution in [-0.2, 0) is 14.3 Å². The summed E-state index contributed by atoms with van der Waals surface area (Å²) < 4.78 is 5.69. The molecular formula is C13H21NO4S. The van der Waals surface area contributed by atoms with Crippen molar-refractivity contribution >= 4 is 23.6 Å². The molecule has 2 aliphatic heterocycles. The van der Waals surface area contributed by atoms with Crippen LogP contribution in [0.25, 0.3) is 0 Å². The van der Waals surface area contributed by atoms with Crippen molar-refractivity contribution in [1.29, 1.82) is 0 Å². The molecule has 0 aromatic carbocycles. The molecule has 1 amide bonds. The summed E-state index contributed by atoms with van der Waals surface area (Å²) in [5.41, 5.74) is 0. The topological polar surface area (TPSA) is 66.8 Å². The zero-order valence-corrected chi connectivity index (χ0v) is 12.4. The highest BCUT2D eigenvalue weighted by Crippen LogP contribution is 2.34. The first-order chi connectivity index (χ1) is 8.93. The SMILES string of the molecule is CC1OC(C)C(C(=O)N2CCSCC2C(=O)O)C1C. The van der Waals surface area contributed by atoms with Crippen LogP contribution in [0, 0.1) is 11.8 Å². The molecule has 19 heavy (non-hydrogen) atoms. The molecule has 0 bridgehead atoms. The van der Waals surface area contributed by atoms with E-state index in [1.807, 2.05) is 20.8 Å². The minimum atomic E-state index is -0.909. The van der Waals surface area contributed by atoms with Crippen molar-refractivity contribution in [3.05, 3.63) is 0 Å². The fraction of sp³-hybridized carbons (Fsp3) is 0.846. The minimum absolute atomic E-state index is 0.0476. The molecule has 0 saturated carbocycles. The standard InChI is InChI=1S/C13H21NO4S/c1-7-8(2)18-9(3)11(7)12(15)14-4-5-19-6-10(14)13(16)17/h7-11H,4-6H2,1-3H3,(H,16,17). The Morgan fingerprint density at radius 3 is 2.47 bits per heavy atom. The van der Waals surface area contributed by atoms with Gasteiger partial charge in [0.1, 0.15) is 6.04 Å². The third-order valence-electron chi connectivity index (χ3n) is 4.22. The summed E-state index contributed by atoms with van der Waals surface area (Å²) in [6, 6.07) is -0.693. The van der Waals surface area contributed by atoms with Crippen LogP contribution in [0.3, 0.4) is 0 Å². The van der Waals surface area contributed by atoms with Gasteiger partial charge < -0.3 is 14.7 Å². The number of rotatable bonds is 2. The van der Waals surface area contributed by atoms with E-state index in [9.17, 15) is 14.7 Å². The molecule has 2 saturated heterocycles. The number of hydrogen-bond donors (Lipinski definition) is 1. The number of aliphatic carboxylic acids is 1. The van der Waals surface area contributed by atoms with E-state index in [0.29, 0.717) is 12.3 Å². The van der Waals surface area contributed by atoms with Crippen LogP contribution in [-0.4, -0.2) is 58.2 Å². The van der Waals surface area contributed by atoms with Gasteiger partial charge in [-0.2, -0.15) is 11.8 Å². The van der Waals surface area contributed by atoms with E-state index in [4.69, 9.17) is 4.74 Å². The Labute approximate surface area is 117 Å². The molecule has 108 valence electrons. The summed E-state index contributed by atoms with van der Waals surface area (Å²) in [4.78, 5) is 25.5. The molecule has 5 nitrogen and oxygen atoms in total. The number of carbonyl (C=O) groups excluding carboxylic acids is 1. The van der Waals surface area contributed by atoms with E-state index in [1.165, 1.54) is 4.90 Å². The molecule has 1 N–H and O–H groups in total. The molecule has 0 aromatic rings. The lowest BCUT2D eigenvalue weighted by atomic mass is 9.88. The maximum absolute atomic E-state index is 12.7. The van der Waals surface area contributed by atoms with Crippen molar-refractivity contribution in [2.75, 3.05) is 18.1 Å². The lowest BCUT2D eigenvalue weighted by molar-refractivity contribution is -0.152. The van der Waals surface area contributed by atoms with Gasteiger partial charge >= 0.3 is 5.97 Å². The molecule has 5 atom stereocenters. The van der Waals surface area contributed by atoms with Crippen LogP contribution in [0.15, 0.2) is 0 Å². The Morgan fingerprint density at radius 1 is 1.26 bits per heavy atom. The van der Waals surface area contributed by atoms with Crippen molar-refractivity contribution in [3.8, 4) is 0 Å². The monoisotopic (exact) mass is 287 g/mol. The van der Waals surface area contributed by atoms with E-state index in [2.05, 4.69) is 0 Å². The molecule has 5 unspecified atom stereocenters. The van der Waals surface area contributed by atoms with Gasteiger partial charge in [-0.25, -0.2) is 4.79 Å². The van der Waals surface area contributed by atoms with E-state index < -0.39 is 12.0 Å². The highest BCUT2D eigenvalue weighted by atomic mass is 32.2. The number of hydrogen-bond acceptors (Lipinski definition) is 4. The largest absolute Gasteiger partial charge is 0.480 e. The Bertz CT molecular complexity index is 376. The van der Waals surface area contributed by atoms with Gasteiger partial charge in [-0.1, -0.05) is 6.92 Å². The maximum Gasteiger partial charge on any atom is 0.327 e. The fourth-order valence-corrected chi connectivity index (χ4v) is 3.99. The third-order valence-corrected chi connectivity index (χ3v) is 5.25. The van der Waals surface area contributed by atoms with Gasteiger partial charge in [0, 0.05) is 18.1 Å². The second-order valence-corrected chi connectivity index (χ2v) is 6.54. The Kier molecular flexibility index (Phi) is 4.40. The van der Waals surface area contributed by atoms with Gasteiger partial charge in [0.05, 0.1) is 18.1 Å². The molecule has 0 spiro atoms. The van der Waals surface area contributed by atoms with Gasteiger partial charge in [-0.15, -0.1) is 0 Å². The molecule has 6 heteroatoms. The zero-order chi connectivity index (χ0) is 14.2. The molecule has 2 heterocycles. The van der Waals surface area contributed by atoms with Gasteiger partial charge in [0.2, 0.25) is 5.91 Å². The molecule has 0 aliphatic carbocycles. The molecule has 0 aromatic heterocycles. The summed E-state index contributed by atoms with van der Waals surface area (Å²) in [6.07, 6.45) is -0.0899. The third kappa shape index (κ3) is 2.74. The Morgan fingerprint density at radius 2 is 1.95 bits per heavy atom. The second kappa shape index (κ2) is 5.71. The molecular weight excluding hydrogens is 266 g/mol. The number of carboxylic acids is 1. The Balaban J connectivity index is 2.15. The normalized spacial score (nSPS) is 39.3. The van der Waals surface area contributed by atoms with Crippen molar-refractivity contribution in [3.63, 3.8) is 0 Å². The maximum atomic E-state index is 12.7. The first kappa shape index (κ1) is 14.7. The zero-order valence-electron chi connectivity index (χ0n) is 11.5. The molecule has 0 radical (unpaired) electrons. The summed E-state index contributed by atoms with van der Waals surface area (Å²) >= 11 is 1.59. The predicted octanol–water partition coefficient (Wildman–Crippen LogP) is 1.07. The van der Waals surface area contributed by atoms with Crippen molar-refractivity contribution < 1.29 is 19.4 Å². The lowest BCUT2D eigenvalue weighted by Crippen LogP contribution is -2.53. The molecule has 2 aliphatic rings. The highest BCUT2D eigenvalue weighted by molar-refractivity contribution is 7.99. The first-order valence-electron chi connectivity index (χ1n) is 6.70. The number of thioether (sulfide) groups is 1. The van der Waals surface area contributed by atoms with Gasteiger partial charge in [-0.05, 0) is 19.8 Å². The van der Waals surface area contributed by atoms with E-state index in [-0.39, 0.29) is 30.0 Å². The van der Waals surface area contributed by atoms with Crippen LogP contribution in [0.4, 0.5) is 0 Å². The van der Waals surface area contributed by atoms with Crippen molar-refractivity contribution in [2.24, 2.45) is 11.8 Å². The smallest absolute Gasteiger partial charge is 0.327 e. The van der Waals surface area contributed by atoms with Crippen LogP contribution >= 0.6 is 11.8 Å². The summed E-state index contributed by atoms with van der Waals surface area (Å²) in [5, 5.41) is 9.25. The fourth-order valence-electron chi connectivity index (χ4n) is 2.96. The number of ether oxygens (including phenoxy) is 1. The number of amides is 1. The Hall–Kier alpha value is -0.750. The van der Waals surface area contributed by atoms with E-state index in [1.54, 1.807) is 11.8 Å². The average molecular weight is 287 g/mol. The summed E-state index contributed by atoms with van der Waals surface area (Å²) in [6.45, 7) is 6.39. The van der Waals surface area contributed by atoms with Gasteiger partial charge in [0.15, 0.2) is 0 Å². The van der Waals surface area contributed by atoms with Gasteiger partial charge in [0.25, 0.3) is 0 Å². The van der Waals surface area contributed by atoms with Crippen LogP contribution in [0.1, 0.15) is 20.8 Å². The van der Waals surface area contributed by atoms with E-state index in [0.717, 1.165) is 5.75 Å². The molecule has 2 fully saturated rings. The van der Waals surface area contributed by atoms with Crippen LogP contribution in [0.2, 0.25) is 0 Å². The first-order valence-corrected chi connectivity index (χ1v) is 7.85. The summed E-state index contributed by atoms with van der Waals surface area (Å²) in [7, 11) is 0. The van der Waals surface area contributed by atoms with Crippen molar-refractivity contribution in [1.82, 2.24) is 4.90 Å². The predicted molar refractivity (Wildman–Crippen MR) is 73.1 cm³/mol. The second-order valence-electron chi connectivity index (χ2n) is 5.39. The molecule has 2 rings (SSSR count). The summed E-state index contributed by atoms with van der Waals surface area (Å²) in [5.74, 6) is 0.227. The lowest BCUT2D eigenvalue weighted by Gasteiger charge is -2.35. The van der Waals surface area contributed by atoms with Crippen molar-refractivity contribution in [2.45, 2.75) is 39.0 Å². The quantitative estimate of drug-likeness (QED) is 0.823. The number of carboxylic acid groups (broad SMARTS) is 1. The average Bonchev–Trinajstić information content (AvgIpc) is 2.62. The van der Waals surface area contributed by atoms with E-state index >= 15 is 0 Å². The highest BCUT2D eigenvalue weighted by Gasteiger charge is 2.45. The van der Waals surface area contributed by atoms with Gasteiger partial charge in [-0.3, -0.25) is 4.79 Å². The van der Waals surface area contributed by atoms with Crippen LogP contribution < -0.4 is 0 Å². The minimum Gasteiger partial charge on any atom is -0.480 e. The number of nitrogens with zero attached hydrogens (tertiary/aromatic N) is 1.